The summed E-state index contributed by atoms with van der Waals surface area (Å²) in [6.45, 7) is 37.0. The van der Waals surface area contributed by atoms with Crippen LogP contribution < -0.4 is 0 Å². The van der Waals surface area contributed by atoms with Crippen molar-refractivity contribution < 1.29 is 23.9 Å². The molecule has 0 unspecified atom stereocenters. The van der Waals surface area contributed by atoms with Gasteiger partial charge in [0.05, 0.1) is 0 Å². The van der Waals surface area contributed by atoms with Crippen LogP contribution in [0.5, 0.6) is 0 Å². The second-order valence-corrected chi connectivity index (χ2v) is 54.0. The van der Waals surface area contributed by atoms with Crippen LogP contribution in [0.2, 0.25) is 78.6 Å². The Hall–Kier alpha value is 1.87. The molecule has 14 heteroatoms. The summed E-state index contributed by atoms with van der Waals surface area (Å²) in [4.78, 5) is 11.2. The van der Waals surface area contributed by atoms with Crippen LogP contribution in [0.1, 0.15) is 0 Å². The molecule has 0 spiro atoms. The normalized spacial score (nSPS) is 20.1. The van der Waals surface area contributed by atoms with E-state index < -0.39 is 77.7 Å². The van der Waals surface area contributed by atoms with Crippen LogP contribution >= 0.6 is 0 Å². The standard InChI is InChI=1S/2C5H10N2.3C4H14NSi2.Y/c2*1-6-3-4-7(2)5-6;3*1-6(2)5-7(3)4;/h2*3-4H2,1-2H3;3*6-7H,1-4H3;/q;;3*-1;+3. The Kier molecular flexibility index (Phi) is 12.1. The zero-order valence-electron chi connectivity index (χ0n) is 27.0. The molecule has 36 heavy (non-hydrogen) atoms. The van der Waals surface area contributed by atoms with Gasteiger partial charge in [0.1, 0.15) is 0 Å². The number of rotatable bonds is 9. The van der Waals surface area contributed by atoms with Gasteiger partial charge in [-0.1, -0.05) is 0 Å². The molecule has 2 rings (SSSR count). The third-order valence-corrected chi connectivity index (χ3v) is 91.0. The van der Waals surface area contributed by atoms with Crippen molar-refractivity contribution in [1.29, 1.82) is 0 Å². The molecule has 212 valence electrons. The molecule has 0 atom stereocenters. The number of likely N-dealkylation sites (N-methyl/N-ethyl adjacent to an activating group) is 4. The Morgan fingerprint density at radius 1 is 0.417 bits per heavy atom. The third kappa shape index (κ3) is 5.17. The zero-order chi connectivity index (χ0) is 27.9. The van der Waals surface area contributed by atoms with Crippen molar-refractivity contribution in [2.24, 2.45) is 0 Å². The maximum atomic E-state index is 3.50. The van der Waals surface area contributed by atoms with Gasteiger partial charge in [-0.05, 0) is 0 Å². The molecule has 2 saturated heterocycles. The topological polar surface area (TPSA) is 22.7 Å². The van der Waals surface area contributed by atoms with E-state index in [1.807, 2.05) is 5.09 Å². The molecular formula is C22H62N7Si6Y. The fourth-order valence-corrected chi connectivity index (χ4v) is 128. The van der Waals surface area contributed by atoms with Crippen LogP contribution in [0.4, 0.5) is 0 Å². The SMILES string of the molecule is CN1CCN(C)[C]1=[Y](=[C]1N(C)CCN1C)([N]([SiH](C)C)[SiH](C)C)([N]([SiH](C)C)[SiH](C)C)[N]([SiH](C)C)[SiH](C)C. The van der Waals surface area contributed by atoms with Gasteiger partial charge in [0.25, 0.3) is 0 Å². The summed E-state index contributed by atoms with van der Waals surface area (Å²) in [5.41, 5.74) is 0. The van der Waals surface area contributed by atoms with E-state index in [-0.39, 0.29) is 0 Å². The molecule has 7 nitrogen and oxygen atoms in total. The van der Waals surface area contributed by atoms with Gasteiger partial charge in [-0.2, -0.15) is 0 Å². The first-order valence-electron chi connectivity index (χ1n) is 14.8. The molecular weight excluding hydrogens is 620 g/mol. The molecule has 2 aliphatic rings. The Balaban J connectivity index is 3.77. The van der Waals surface area contributed by atoms with Crippen LogP contribution in [0.15, 0.2) is 0 Å². The molecule has 0 aliphatic carbocycles. The van der Waals surface area contributed by atoms with Crippen molar-refractivity contribution >= 4 is 58.8 Å². The molecule has 0 amide bonds. The summed E-state index contributed by atoms with van der Waals surface area (Å²) < 4.78 is 14.1. The van der Waals surface area contributed by atoms with Gasteiger partial charge >= 0.3 is 239 Å². The summed E-state index contributed by atoms with van der Waals surface area (Å²) in [6.07, 6.45) is 0. The molecule has 2 fully saturated rings. The van der Waals surface area contributed by atoms with E-state index in [0.717, 1.165) is 0 Å². The van der Waals surface area contributed by atoms with Crippen molar-refractivity contribution in [1.82, 2.24) is 23.7 Å². The van der Waals surface area contributed by atoms with Gasteiger partial charge in [-0.15, -0.1) is 0 Å². The second kappa shape index (κ2) is 12.8. The van der Waals surface area contributed by atoms with E-state index in [1.54, 1.807) is 0 Å². The number of nitrogens with zero attached hydrogens (tertiary/aromatic N) is 7. The summed E-state index contributed by atoms with van der Waals surface area (Å²) >= 11 is -4.75. The van der Waals surface area contributed by atoms with Crippen LogP contribution in [0, 0.1) is 0 Å². The van der Waals surface area contributed by atoms with Crippen molar-refractivity contribution in [3.8, 4) is 0 Å². The van der Waals surface area contributed by atoms with Crippen LogP contribution in [0.3, 0.4) is 0 Å². The van der Waals surface area contributed by atoms with Crippen LogP contribution in [0.25, 0.3) is 0 Å². The van der Waals surface area contributed by atoms with Crippen molar-refractivity contribution in [2.45, 2.75) is 78.6 Å². The summed E-state index contributed by atoms with van der Waals surface area (Å²) in [7, 11) is 2.76. The predicted octanol–water partition coefficient (Wildman–Crippen LogP) is 1.16. The maximum absolute atomic E-state index is 4.75. The molecule has 0 radical (unpaired) electrons. The summed E-state index contributed by atoms with van der Waals surface area (Å²) in [6, 6.07) is 0. The minimum absolute atomic E-state index is 1.17. The predicted molar refractivity (Wildman–Crippen MR) is 179 cm³/mol. The monoisotopic (exact) mass is 681 g/mol. The summed E-state index contributed by atoms with van der Waals surface area (Å²) in [5, 5.41) is 0. The van der Waals surface area contributed by atoms with E-state index in [1.165, 1.54) is 26.2 Å². The van der Waals surface area contributed by atoms with Crippen LogP contribution in [-0.2, 0) is 23.9 Å². The van der Waals surface area contributed by atoms with Gasteiger partial charge in [-0.25, -0.2) is 0 Å². The van der Waals surface area contributed by atoms with Gasteiger partial charge in [0, 0.05) is 0 Å². The number of hydrogen-bond donors (Lipinski definition) is 0. The molecule has 0 bridgehead atoms. The number of hydrogen-bond acceptors (Lipinski definition) is 7. The van der Waals surface area contributed by atoms with E-state index in [9.17, 15) is 0 Å². The van der Waals surface area contributed by atoms with Gasteiger partial charge in [-0.3, -0.25) is 0 Å². The average Bonchev–Trinajstić information content (AvgIpc) is 3.21. The molecule has 0 aromatic rings. The fourth-order valence-electron chi connectivity index (χ4n) is 9.82. The zero-order valence-corrected chi connectivity index (χ0v) is 36.8. The Bertz CT molecular complexity index is 777. The first-order chi connectivity index (χ1) is 16.5. The molecule has 0 saturated carbocycles. The van der Waals surface area contributed by atoms with E-state index >= 15 is 0 Å². The molecule has 0 N–H and O–H groups in total. The molecule has 2 heterocycles. The van der Waals surface area contributed by atoms with Crippen LogP contribution in [-0.4, -0.2) is 137 Å². The average molecular weight is 682 g/mol. The Morgan fingerprint density at radius 3 is 0.722 bits per heavy atom. The van der Waals surface area contributed by atoms with Crippen molar-refractivity contribution in [3.05, 3.63) is 0 Å². The fraction of sp³-hybridized carbons (Fsp3) is 0.909. The minimum atomic E-state index is -4.75. The van der Waals surface area contributed by atoms with E-state index in [0.29, 0.717) is 0 Å². The Labute approximate surface area is 237 Å². The van der Waals surface area contributed by atoms with Gasteiger partial charge in [0.15, 0.2) is 0 Å². The molecule has 0 aromatic heterocycles. The molecule has 2 aliphatic heterocycles. The van der Waals surface area contributed by atoms with E-state index in [4.69, 9.17) is 0 Å². The van der Waals surface area contributed by atoms with E-state index in [2.05, 4.69) is 130 Å². The summed E-state index contributed by atoms with van der Waals surface area (Å²) in [5.74, 6) is 0. The first kappa shape index (κ1) is 34.1. The first-order valence-corrected chi connectivity index (χ1v) is 38.4. The third-order valence-electron chi connectivity index (χ3n) is 9.33. The van der Waals surface area contributed by atoms with Crippen molar-refractivity contribution in [3.63, 3.8) is 0 Å². The van der Waals surface area contributed by atoms with Crippen molar-refractivity contribution in [2.75, 3.05) is 54.4 Å². The van der Waals surface area contributed by atoms with Gasteiger partial charge in [0.2, 0.25) is 0 Å². The quantitative estimate of drug-likeness (QED) is 0.337. The Morgan fingerprint density at radius 2 is 0.583 bits per heavy atom. The van der Waals surface area contributed by atoms with Gasteiger partial charge < -0.3 is 0 Å². The second-order valence-electron chi connectivity index (χ2n) is 13.6. The molecule has 0 aromatic carbocycles.